The topological polar surface area (TPSA) is 41.3 Å². The fraction of sp³-hybridized carbons (Fsp3) is 0.364. The van der Waals surface area contributed by atoms with Gasteiger partial charge in [-0.3, -0.25) is 0 Å². The number of benzene rings is 1. The van der Waals surface area contributed by atoms with Crippen molar-refractivity contribution in [3.05, 3.63) is 23.2 Å². The van der Waals surface area contributed by atoms with Crippen molar-refractivity contribution < 1.29 is 4.42 Å². The van der Waals surface area contributed by atoms with Crippen molar-refractivity contribution in [2.75, 3.05) is 31.1 Å². The molecular weight excluding hydrogens is 297 g/mol. The molecule has 0 aliphatic carbocycles. The first-order valence-corrected chi connectivity index (χ1v) is 5.72. The summed E-state index contributed by atoms with van der Waals surface area (Å²) in [4.78, 5) is 6.59. The number of rotatable bonds is 1. The number of anilines is 1. The first-order valence-electron chi connectivity index (χ1n) is 5.35. The molecule has 1 aromatic heterocycles. The molecule has 18 heavy (non-hydrogen) atoms. The van der Waals surface area contributed by atoms with Crippen molar-refractivity contribution in [3.8, 4) is 0 Å². The van der Waals surface area contributed by atoms with Gasteiger partial charge in [-0.1, -0.05) is 11.6 Å². The van der Waals surface area contributed by atoms with Gasteiger partial charge >= 0.3 is 0 Å². The molecule has 7 heteroatoms. The average Bonchev–Trinajstić information content (AvgIpc) is 2.73. The van der Waals surface area contributed by atoms with E-state index in [0.29, 0.717) is 11.0 Å². The van der Waals surface area contributed by atoms with E-state index in [4.69, 9.17) is 16.0 Å². The second-order valence-corrected chi connectivity index (χ2v) is 4.28. The van der Waals surface area contributed by atoms with Crippen molar-refractivity contribution in [1.29, 1.82) is 0 Å². The number of nitrogens with zero attached hydrogens (tertiary/aromatic N) is 2. The molecule has 4 nitrogen and oxygen atoms in total. The monoisotopic (exact) mass is 309 g/mol. The van der Waals surface area contributed by atoms with E-state index < -0.39 is 0 Å². The maximum Gasteiger partial charge on any atom is 0.298 e. The maximum atomic E-state index is 5.91. The van der Waals surface area contributed by atoms with Crippen molar-refractivity contribution in [2.24, 2.45) is 0 Å². The van der Waals surface area contributed by atoms with E-state index in [2.05, 4.69) is 15.2 Å². The SMILES string of the molecule is Cl.Cl.Clc1ccc2oc(N3CCNCC3)nc2c1. The largest absolute Gasteiger partial charge is 0.423 e. The van der Waals surface area contributed by atoms with Gasteiger partial charge in [0.1, 0.15) is 5.52 Å². The summed E-state index contributed by atoms with van der Waals surface area (Å²) < 4.78 is 5.69. The minimum atomic E-state index is 0. The van der Waals surface area contributed by atoms with Crippen LogP contribution in [0.2, 0.25) is 5.02 Å². The van der Waals surface area contributed by atoms with Crippen LogP contribution < -0.4 is 10.2 Å². The van der Waals surface area contributed by atoms with Crippen LogP contribution in [0.3, 0.4) is 0 Å². The zero-order chi connectivity index (χ0) is 11.0. The van der Waals surface area contributed by atoms with Gasteiger partial charge in [-0.2, -0.15) is 4.98 Å². The minimum absolute atomic E-state index is 0. The second kappa shape index (κ2) is 6.48. The Kier molecular flexibility index (Phi) is 5.53. The lowest BCUT2D eigenvalue weighted by Gasteiger charge is -2.25. The molecule has 1 fully saturated rings. The zero-order valence-electron chi connectivity index (χ0n) is 9.56. The summed E-state index contributed by atoms with van der Waals surface area (Å²) in [7, 11) is 0. The highest BCUT2D eigenvalue weighted by molar-refractivity contribution is 6.31. The Hall–Kier alpha value is -0.680. The summed E-state index contributed by atoms with van der Waals surface area (Å²) in [5, 5.41) is 3.98. The fourth-order valence-electron chi connectivity index (χ4n) is 1.88. The molecule has 0 saturated carbocycles. The molecule has 0 spiro atoms. The highest BCUT2D eigenvalue weighted by Gasteiger charge is 2.16. The molecule has 1 aliphatic rings. The van der Waals surface area contributed by atoms with Gasteiger partial charge in [0.2, 0.25) is 0 Å². The Morgan fingerprint density at radius 3 is 2.67 bits per heavy atom. The highest BCUT2D eigenvalue weighted by atomic mass is 35.5. The van der Waals surface area contributed by atoms with E-state index in [1.54, 1.807) is 0 Å². The van der Waals surface area contributed by atoms with Gasteiger partial charge in [-0.15, -0.1) is 24.8 Å². The first-order chi connectivity index (χ1) is 7.83. The minimum Gasteiger partial charge on any atom is -0.423 e. The molecule has 2 aromatic rings. The Labute approximate surface area is 123 Å². The molecule has 2 heterocycles. The van der Waals surface area contributed by atoms with E-state index in [0.717, 1.165) is 37.3 Å². The molecule has 3 rings (SSSR count). The molecule has 0 amide bonds. The molecule has 0 bridgehead atoms. The molecule has 0 radical (unpaired) electrons. The van der Waals surface area contributed by atoms with E-state index in [1.165, 1.54) is 0 Å². The number of aromatic nitrogens is 1. The third-order valence-electron chi connectivity index (χ3n) is 2.73. The Morgan fingerprint density at radius 2 is 1.94 bits per heavy atom. The lowest BCUT2D eigenvalue weighted by atomic mass is 10.3. The van der Waals surface area contributed by atoms with Crippen LogP contribution in [0, 0.1) is 0 Å². The molecule has 0 atom stereocenters. The molecule has 1 aromatic carbocycles. The number of hydrogen-bond acceptors (Lipinski definition) is 4. The smallest absolute Gasteiger partial charge is 0.298 e. The van der Waals surface area contributed by atoms with Crippen LogP contribution in [-0.2, 0) is 0 Å². The third kappa shape index (κ3) is 3.01. The lowest BCUT2D eigenvalue weighted by Crippen LogP contribution is -2.43. The van der Waals surface area contributed by atoms with Crippen LogP contribution in [-0.4, -0.2) is 31.2 Å². The van der Waals surface area contributed by atoms with Gasteiger partial charge in [0.05, 0.1) is 0 Å². The normalized spacial score (nSPS) is 15.1. The van der Waals surface area contributed by atoms with Crippen molar-refractivity contribution in [2.45, 2.75) is 0 Å². The van der Waals surface area contributed by atoms with Gasteiger partial charge < -0.3 is 14.6 Å². The first kappa shape index (κ1) is 15.4. The second-order valence-electron chi connectivity index (χ2n) is 3.85. The molecular formula is C11H14Cl3N3O. The number of nitrogens with one attached hydrogen (secondary N) is 1. The molecule has 0 unspecified atom stereocenters. The quantitative estimate of drug-likeness (QED) is 0.879. The maximum absolute atomic E-state index is 5.91. The Morgan fingerprint density at radius 1 is 1.22 bits per heavy atom. The molecule has 1 aliphatic heterocycles. The summed E-state index contributed by atoms with van der Waals surface area (Å²) >= 11 is 5.91. The van der Waals surface area contributed by atoms with Crippen LogP contribution in [0.25, 0.3) is 11.1 Å². The van der Waals surface area contributed by atoms with Gasteiger partial charge in [0, 0.05) is 31.2 Å². The van der Waals surface area contributed by atoms with Crippen LogP contribution in [0.4, 0.5) is 6.01 Å². The van der Waals surface area contributed by atoms with E-state index in [1.807, 2.05) is 18.2 Å². The summed E-state index contributed by atoms with van der Waals surface area (Å²) in [5.41, 5.74) is 1.61. The summed E-state index contributed by atoms with van der Waals surface area (Å²) in [6.45, 7) is 3.81. The predicted molar refractivity (Wildman–Crippen MR) is 78.6 cm³/mol. The summed E-state index contributed by atoms with van der Waals surface area (Å²) in [5.74, 6) is 0. The molecule has 1 saturated heterocycles. The summed E-state index contributed by atoms with van der Waals surface area (Å²) in [6.07, 6.45) is 0. The van der Waals surface area contributed by atoms with Gasteiger partial charge in [-0.25, -0.2) is 0 Å². The number of piperazine rings is 1. The van der Waals surface area contributed by atoms with Gasteiger partial charge in [0.25, 0.3) is 6.01 Å². The summed E-state index contributed by atoms with van der Waals surface area (Å²) in [6, 6.07) is 6.19. The van der Waals surface area contributed by atoms with Crippen LogP contribution >= 0.6 is 36.4 Å². The zero-order valence-corrected chi connectivity index (χ0v) is 11.9. The number of halogens is 3. The van der Waals surface area contributed by atoms with Gasteiger partial charge in [0.15, 0.2) is 5.58 Å². The third-order valence-corrected chi connectivity index (χ3v) is 2.96. The van der Waals surface area contributed by atoms with Crippen LogP contribution in [0.1, 0.15) is 0 Å². The number of oxazole rings is 1. The standard InChI is InChI=1S/C11H12ClN3O.2ClH/c12-8-1-2-10-9(7-8)14-11(16-10)15-5-3-13-4-6-15;;/h1-2,7,13H,3-6H2;2*1H. The van der Waals surface area contributed by atoms with Crippen molar-refractivity contribution in [1.82, 2.24) is 10.3 Å². The fourth-order valence-corrected chi connectivity index (χ4v) is 2.05. The van der Waals surface area contributed by atoms with Crippen LogP contribution in [0.5, 0.6) is 0 Å². The number of fused-ring (bicyclic) bond motifs is 1. The lowest BCUT2D eigenvalue weighted by molar-refractivity contribution is 0.517. The molecule has 1 N–H and O–H groups in total. The number of hydrogen-bond donors (Lipinski definition) is 1. The van der Waals surface area contributed by atoms with Crippen LogP contribution in [0.15, 0.2) is 22.6 Å². The van der Waals surface area contributed by atoms with Crippen molar-refractivity contribution >= 4 is 53.5 Å². The average molecular weight is 311 g/mol. The van der Waals surface area contributed by atoms with E-state index >= 15 is 0 Å². The Bertz CT molecular complexity index is 511. The van der Waals surface area contributed by atoms with Crippen molar-refractivity contribution in [3.63, 3.8) is 0 Å². The predicted octanol–water partition coefficient (Wildman–Crippen LogP) is 2.73. The van der Waals surface area contributed by atoms with Gasteiger partial charge in [-0.05, 0) is 18.2 Å². The Balaban J connectivity index is 0.000000810. The molecule has 100 valence electrons. The van der Waals surface area contributed by atoms with E-state index in [9.17, 15) is 0 Å². The van der Waals surface area contributed by atoms with E-state index in [-0.39, 0.29) is 24.8 Å². The highest BCUT2D eigenvalue weighted by Crippen LogP contribution is 2.24.